The Balaban J connectivity index is 1.70. The Hall–Kier alpha value is -0.980. The summed E-state index contributed by atoms with van der Waals surface area (Å²) in [6.45, 7) is 8.20. The van der Waals surface area contributed by atoms with Crippen LogP contribution in [0.5, 0.6) is 0 Å². The highest BCUT2D eigenvalue weighted by Crippen LogP contribution is 2.19. The van der Waals surface area contributed by atoms with Gasteiger partial charge in [-0.2, -0.15) is 0 Å². The molecule has 0 aliphatic carbocycles. The van der Waals surface area contributed by atoms with Gasteiger partial charge >= 0.3 is 0 Å². The zero-order valence-electron chi connectivity index (χ0n) is 15.5. The van der Waals surface area contributed by atoms with Gasteiger partial charge in [0.25, 0.3) is 0 Å². The second-order valence-electron chi connectivity index (χ2n) is 6.94. The number of hydrogen-bond donors (Lipinski definition) is 1. The molecule has 0 bridgehead atoms. The van der Waals surface area contributed by atoms with Gasteiger partial charge in [-0.3, -0.25) is 14.6 Å². The predicted molar refractivity (Wildman–Crippen MR) is 100 cm³/mol. The standard InChI is InChI=1S/C18H32N4OS/c1-5-16(21(3)4)18(23)19-11-14-7-9-22(10-8-14)12-15-13-24-17(6-2)20-15/h13-14,16H,5-12H2,1-4H3,(H,19,23). The normalized spacial score (nSPS) is 18.0. The van der Waals surface area contributed by atoms with Gasteiger partial charge in [0.05, 0.1) is 16.7 Å². The number of carbonyl (C=O) groups is 1. The van der Waals surface area contributed by atoms with Gasteiger partial charge in [0.1, 0.15) is 0 Å². The topological polar surface area (TPSA) is 48.5 Å². The fraction of sp³-hybridized carbons (Fsp3) is 0.778. The Morgan fingerprint density at radius 2 is 2.12 bits per heavy atom. The van der Waals surface area contributed by atoms with E-state index in [0.717, 1.165) is 51.9 Å². The first-order valence-corrected chi connectivity index (χ1v) is 10.0. The zero-order valence-corrected chi connectivity index (χ0v) is 16.4. The van der Waals surface area contributed by atoms with E-state index in [1.54, 1.807) is 11.3 Å². The number of piperidine rings is 1. The fourth-order valence-electron chi connectivity index (χ4n) is 3.31. The van der Waals surface area contributed by atoms with Crippen molar-refractivity contribution in [1.29, 1.82) is 0 Å². The third-order valence-electron chi connectivity index (χ3n) is 4.87. The summed E-state index contributed by atoms with van der Waals surface area (Å²) in [6, 6.07) is -0.0116. The number of carbonyl (C=O) groups excluding carboxylic acids is 1. The number of likely N-dealkylation sites (N-methyl/N-ethyl adjacent to an activating group) is 1. The summed E-state index contributed by atoms with van der Waals surface area (Å²) in [5.41, 5.74) is 1.21. The van der Waals surface area contributed by atoms with Gasteiger partial charge in [-0.1, -0.05) is 13.8 Å². The van der Waals surface area contributed by atoms with Crippen LogP contribution in [0, 0.1) is 5.92 Å². The summed E-state index contributed by atoms with van der Waals surface area (Å²) >= 11 is 1.77. The number of hydrogen-bond acceptors (Lipinski definition) is 5. The molecular formula is C18H32N4OS. The van der Waals surface area contributed by atoms with E-state index in [4.69, 9.17) is 0 Å². The summed E-state index contributed by atoms with van der Waals surface area (Å²) in [6.07, 6.45) is 4.19. The van der Waals surface area contributed by atoms with Gasteiger partial charge in [-0.05, 0) is 58.8 Å². The minimum Gasteiger partial charge on any atom is -0.354 e. The molecule has 136 valence electrons. The average molecular weight is 353 g/mol. The molecule has 1 unspecified atom stereocenters. The van der Waals surface area contributed by atoms with Crippen LogP contribution in [-0.2, 0) is 17.8 Å². The van der Waals surface area contributed by atoms with Crippen molar-refractivity contribution in [3.05, 3.63) is 16.1 Å². The van der Waals surface area contributed by atoms with Gasteiger partial charge in [-0.25, -0.2) is 4.98 Å². The molecule has 24 heavy (non-hydrogen) atoms. The monoisotopic (exact) mass is 352 g/mol. The van der Waals surface area contributed by atoms with E-state index in [-0.39, 0.29) is 11.9 Å². The zero-order chi connectivity index (χ0) is 17.5. The van der Waals surface area contributed by atoms with Crippen LogP contribution in [0.2, 0.25) is 0 Å². The highest BCUT2D eigenvalue weighted by molar-refractivity contribution is 7.09. The summed E-state index contributed by atoms with van der Waals surface area (Å²) in [7, 11) is 3.93. The SMILES string of the molecule is CCc1nc(CN2CCC(CNC(=O)C(CC)N(C)C)CC2)cs1. The second kappa shape index (κ2) is 9.49. The first-order chi connectivity index (χ1) is 11.5. The number of amides is 1. The lowest BCUT2D eigenvalue weighted by Crippen LogP contribution is -2.45. The number of rotatable bonds is 8. The highest BCUT2D eigenvalue weighted by Gasteiger charge is 2.23. The summed E-state index contributed by atoms with van der Waals surface area (Å²) in [5.74, 6) is 0.769. The summed E-state index contributed by atoms with van der Waals surface area (Å²) < 4.78 is 0. The highest BCUT2D eigenvalue weighted by atomic mass is 32.1. The molecule has 1 aromatic rings. The Morgan fingerprint density at radius 3 is 2.67 bits per heavy atom. The van der Waals surface area contributed by atoms with E-state index >= 15 is 0 Å². The number of aromatic nitrogens is 1. The van der Waals surface area contributed by atoms with Crippen LogP contribution in [0.4, 0.5) is 0 Å². The maximum absolute atomic E-state index is 12.2. The van der Waals surface area contributed by atoms with E-state index in [1.165, 1.54) is 10.7 Å². The third kappa shape index (κ3) is 5.53. The molecule has 6 heteroatoms. The van der Waals surface area contributed by atoms with Gasteiger partial charge in [0, 0.05) is 18.5 Å². The molecule has 1 aliphatic rings. The smallest absolute Gasteiger partial charge is 0.237 e. The molecule has 1 saturated heterocycles. The third-order valence-corrected chi connectivity index (χ3v) is 5.91. The lowest BCUT2D eigenvalue weighted by Gasteiger charge is -2.32. The van der Waals surface area contributed by atoms with Crippen LogP contribution >= 0.6 is 11.3 Å². The van der Waals surface area contributed by atoms with Crippen LogP contribution in [0.15, 0.2) is 5.38 Å². The van der Waals surface area contributed by atoms with Crippen LogP contribution < -0.4 is 5.32 Å². The molecule has 2 rings (SSSR count). The molecule has 1 amide bonds. The van der Waals surface area contributed by atoms with Gasteiger partial charge in [0.2, 0.25) is 5.91 Å². The molecule has 1 aliphatic heterocycles. The van der Waals surface area contributed by atoms with Crippen molar-refractivity contribution >= 4 is 17.2 Å². The van der Waals surface area contributed by atoms with Crippen molar-refractivity contribution in [2.45, 2.75) is 52.1 Å². The lowest BCUT2D eigenvalue weighted by molar-refractivity contribution is -0.125. The fourth-order valence-corrected chi connectivity index (χ4v) is 4.05. The molecule has 1 fully saturated rings. The molecule has 2 heterocycles. The molecule has 0 aromatic carbocycles. The van der Waals surface area contributed by atoms with Crippen molar-refractivity contribution in [3.8, 4) is 0 Å². The van der Waals surface area contributed by atoms with E-state index in [0.29, 0.717) is 5.92 Å². The number of likely N-dealkylation sites (tertiary alicyclic amines) is 1. The summed E-state index contributed by atoms with van der Waals surface area (Å²) in [5, 5.41) is 6.57. The van der Waals surface area contributed by atoms with E-state index in [9.17, 15) is 4.79 Å². The summed E-state index contributed by atoms with van der Waals surface area (Å²) in [4.78, 5) is 21.4. The van der Waals surface area contributed by atoms with E-state index in [2.05, 4.69) is 34.4 Å². The van der Waals surface area contributed by atoms with E-state index in [1.807, 2.05) is 19.0 Å². The molecule has 0 spiro atoms. The molecule has 1 atom stereocenters. The van der Waals surface area contributed by atoms with Gasteiger partial charge in [-0.15, -0.1) is 11.3 Å². The van der Waals surface area contributed by atoms with Crippen molar-refractivity contribution in [3.63, 3.8) is 0 Å². The maximum Gasteiger partial charge on any atom is 0.237 e. The number of nitrogens with zero attached hydrogens (tertiary/aromatic N) is 3. The first-order valence-electron chi connectivity index (χ1n) is 9.13. The van der Waals surface area contributed by atoms with Crippen LogP contribution in [0.3, 0.4) is 0 Å². The Bertz CT molecular complexity index is 509. The number of thiazole rings is 1. The van der Waals surface area contributed by atoms with Crippen LogP contribution in [-0.4, -0.2) is 60.5 Å². The predicted octanol–water partition coefficient (Wildman–Crippen LogP) is 2.37. The quantitative estimate of drug-likeness (QED) is 0.780. The minimum absolute atomic E-state index is 0.0116. The molecule has 5 nitrogen and oxygen atoms in total. The van der Waals surface area contributed by atoms with Crippen molar-refractivity contribution in [2.24, 2.45) is 5.92 Å². The van der Waals surface area contributed by atoms with Gasteiger partial charge < -0.3 is 5.32 Å². The Kier molecular flexibility index (Phi) is 7.65. The molecule has 1 aromatic heterocycles. The second-order valence-corrected chi connectivity index (χ2v) is 7.88. The maximum atomic E-state index is 12.2. The van der Waals surface area contributed by atoms with Crippen molar-refractivity contribution in [2.75, 3.05) is 33.7 Å². The Morgan fingerprint density at radius 1 is 1.42 bits per heavy atom. The largest absolute Gasteiger partial charge is 0.354 e. The molecule has 0 saturated carbocycles. The average Bonchev–Trinajstić information content (AvgIpc) is 3.02. The Labute approximate surface area is 150 Å². The van der Waals surface area contributed by atoms with Crippen molar-refractivity contribution in [1.82, 2.24) is 20.1 Å². The molecular weight excluding hydrogens is 320 g/mol. The van der Waals surface area contributed by atoms with Gasteiger partial charge in [0.15, 0.2) is 0 Å². The molecule has 0 radical (unpaired) electrons. The number of nitrogens with one attached hydrogen (secondary N) is 1. The van der Waals surface area contributed by atoms with Crippen LogP contribution in [0.1, 0.15) is 43.8 Å². The van der Waals surface area contributed by atoms with Crippen LogP contribution in [0.25, 0.3) is 0 Å². The van der Waals surface area contributed by atoms with Crippen molar-refractivity contribution < 1.29 is 4.79 Å². The molecule has 1 N–H and O–H groups in total. The number of aryl methyl sites for hydroxylation is 1. The lowest BCUT2D eigenvalue weighted by atomic mass is 9.96. The van der Waals surface area contributed by atoms with E-state index < -0.39 is 0 Å². The minimum atomic E-state index is -0.0116. The first kappa shape index (κ1) is 19.3.